The highest BCUT2D eigenvalue weighted by Crippen LogP contribution is 2.30. The average molecular weight is 545 g/mol. The maximum atomic E-state index is 12.3. The largest absolute Gasteiger partial charge is 0.493 e. The quantitative estimate of drug-likeness (QED) is 0.120. The van der Waals surface area contributed by atoms with Gasteiger partial charge in [-0.3, -0.25) is 0 Å². The molecule has 1 rings (SSSR count). The van der Waals surface area contributed by atoms with Crippen molar-refractivity contribution in [1.29, 1.82) is 0 Å². The zero-order valence-electron chi connectivity index (χ0n) is 22.9. The predicted molar refractivity (Wildman–Crippen MR) is 148 cm³/mol. The maximum absolute atomic E-state index is 12.3. The Morgan fingerprint density at radius 3 is 1.74 bits per heavy atom. The summed E-state index contributed by atoms with van der Waals surface area (Å²) >= 11 is 0. The normalized spacial score (nSPS) is 13.3. The molecule has 0 unspecified atom stereocenters. The molecular formula is C23H44O7Si4. The molecule has 0 bridgehead atoms. The molecule has 0 N–H and O–H groups in total. The smallest absolute Gasteiger partial charge is 0.469 e. The van der Waals surface area contributed by atoms with E-state index in [9.17, 15) is 4.79 Å². The second kappa shape index (κ2) is 12.7. The first-order valence-electron chi connectivity index (χ1n) is 11.6. The Kier molecular flexibility index (Phi) is 11.5. The van der Waals surface area contributed by atoms with Crippen LogP contribution in [0.5, 0.6) is 11.5 Å². The molecule has 0 aliphatic rings. The fraction of sp³-hybridized carbons (Fsp3) is 0.609. The van der Waals surface area contributed by atoms with Gasteiger partial charge in [-0.1, -0.05) is 6.07 Å². The fourth-order valence-corrected chi connectivity index (χ4v) is 17.9. The molecule has 0 aliphatic carbocycles. The van der Waals surface area contributed by atoms with Gasteiger partial charge in [0.25, 0.3) is 0 Å². The van der Waals surface area contributed by atoms with Crippen LogP contribution in [0.1, 0.15) is 12.0 Å². The number of carbonyl (C=O) groups excluding carboxylic acids is 1. The van der Waals surface area contributed by atoms with Crippen molar-refractivity contribution >= 4 is 45.8 Å². The molecule has 194 valence electrons. The molecule has 11 heteroatoms. The van der Waals surface area contributed by atoms with Gasteiger partial charge in [0.15, 0.2) is 36.5 Å². The van der Waals surface area contributed by atoms with Crippen molar-refractivity contribution in [3.63, 3.8) is 0 Å². The van der Waals surface area contributed by atoms with Crippen LogP contribution >= 0.6 is 0 Å². The minimum absolute atomic E-state index is 0.281. The van der Waals surface area contributed by atoms with Gasteiger partial charge in [-0.05, 0) is 89.1 Å². The van der Waals surface area contributed by atoms with Crippen LogP contribution in [-0.2, 0) is 21.9 Å². The summed E-state index contributed by atoms with van der Waals surface area (Å²) < 4.78 is 36.0. The zero-order valence-corrected chi connectivity index (χ0v) is 26.9. The predicted octanol–water partition coefficient (Wildman–Crippen LogP) is 6.14. The van der Waals surface area contributed by atoms with Crippen LogP contribution in [0.15, 0.2) is 24.3 Å². The van der Waals surface area contributed by atoms with E-state index in [1.54, 1.807) is 32.4 Å². The van der Waals surface area contributed by atoms with Crippen LogP contribution < -0.4 is 9.47 Å². The Labute approximate surface area is 210 Å². The highest BCUT2D eigenvalue weighted by molar-refractivity contribution is 6.90. The Morgan fingerprint density at radius 2 is 1.29 bits per heavy atom. The number of benzene rings is 1. The first kappa shape index (κ1) is 30.8. The van der Waals surface area contributed by atoms with Crippen molar-refractivity contribution in [1.82, 2.24) is 0 Å². The van der Waals surface area contributed by atoms with E-state index in [4.69, 9.17) is 26.6 Å². The minimum atomic E-state index is -2.91. The third kappa shape index (κ3) is 12.5. The van der Waals surface area contributed by atoms with E-state index in [1.807, 2.05) is 6.07 Å². The Bertz CT molecular complexity index is 783. The molecule has 0 saturated carbocycles. The molecule has 0 aromatic heterocycles. The molecule has 0 saturated heterocycles. The first-order chi connectivity index (χ1) is 15.5. The second-order valence-electron chi connectivity index (χ2n) is 11.0. The van der Waals surface area contributed by atoms with Gasteiger partial charge >= 0.3 is 14.8 Å². The van der Waals surface area contributed by atoms with Gasteiger partial charge in [0.05, 0.1) is 20.8 Å². The van der Waals surface area contributed by atoms with E-state index in [2.05, 4.69) is 58.9 Å². The van der Waals surface area contributed by atoms with Crippen LogP contribution in [0.25, 0.3) is 6.08 Å². The zero-order chi connectivity index (χ0) is 26.2. The number of carbonyl (C=O) groups is 1. The van der Waals surface area contributed by atoms with E-state index in [0.717, 1.165) is 5.56 Å². The topological polar surface area (TPSA) is 72.5 Å². The number of ether oxygens (including phenoxy) is 3. The monoisotopic (exact) mass is 544 g/mol. The van der Waals surface area contributed by atoms with Gasteiger partial charge in [0.2, 0.25) is 0 Å². The number of esters is 1. The van der Waals surface area contributed by atoms with Crippen molar-refractivity contribution in [2.45, 2.75) is 71.4 Å². The van der Waals surface area contributed by atoms with E-state index in [1.165, 1.54) is 6.08 Å². The molecule has 1 aromatic carbocycles. The second-order valence-corrected chi connectivity index (χ2v) is 28.0. The molecule has 0 heterocycles. The first-order valence-corrected chi connectivity index (χ1v) is 23.8. The summed E-state index contributed by atoms with van der Waals surface area (Å²) in [4.78, 5) is 12.3. The molecule has 1 aromatic rings. The SMILES string of the molecule is COc1ccc(/C=C/C(=O)OCCC[Si](O[Si](C)(C)C)(O[Si](C)(C)C)O[Si](C)(C)C)cc1OC. The van der Waals surface area contributed by atoms with Crippen molar-refractivity contribution in [3.05, 3.63) is 29.8 Å². The van der Waals surface area contributed by atoms with Crippen molar-refractivity contribution in [3.8, 4) is 11.5 Å². The third-order valence-electron chi connectivity index (χ3n) is 4.08. The van der Waals surface area contributed by atoms with Crippen molar-refractivity contribution in [2.24, 2.45) is 0 Å². The molecule has 0 atom stereocenters. The molecule has 0 fully saturated rings. The summed E-state index contributed by atoms with van der Waals surface area (Å²) in [6.07, 6.45) is 3.74. The van der Waals surface area contributed by atoms with E-state index in [0.29, 0.717) is 24.0 Å². The summed E-state index contributed by atoms with van der Waals surface area (Å²) in [7, 11) is -5.52. The van der Waals surface area contributed by atoms with Crippen LogP contribution in [0.2, 0.25) is 65.0 Å². The van der Waals surface area contributed by atoms with Gasteiger partial charge in [0.1, 0.15) is 0 Å². The standard InChI is InChI=1S/C23H44O7Si4/c1-25-21-15-13-20(19-22(21)26-2)14-16-23(24)27-17-12-18-34(28-31(3,4)5,29-32(6,7)8)30-33(9,10)11/h13-16,19H,12,17-18H2,1-11H3/b16-14+. The maximum Gasteiger partial charge on any atom is 0.469 e. The molecular weight excluding hydrogens is 501 g/mol. The van der Waals surface area contributed by atoms with E-state index >= 15 is 0 Å². The van der Waals surface area contributed by atoms with Crippen molar-refractivity contribution < 1.29 is 31.4 Å². The van der Waals surface area contributed by atoms with Crippen LogP contribution in [0.3, 0.4) is 0 Å². The number of methoxy groups -OCH3 is 2. The number of rotatable bonds is 14. The lowest BCUT2D eigenvalue weighted by Gasteiger charge is -2.42. The highest BCUT2D eigenvalue weighted by Gasteiger charge is 2.49. The van der Waals surface area contributed by atoms with Gasteiger partial charge in [-0.15, -0.1) is 0 Å². The molecule has 0 amide bonds. The molecule has 0 spiro atoms. The minimum Gasteiger partial charge on any atom is -0.493 e. The lowest BCUT2D eigenvalue weighted by atomic mass is 10.2. The Balaban J connectivity index is 2.82. The van der Waals surface area contributed by atoms with Crippen LogP contribution in [0.4, 0.5) is 0 Å². The average Bonchev–Trinajstić information content (AvgIpc) is 2.65. The lowest BCUT2D eigenvalue weighted by molar-refractivity contribution is -0.137. The molecule has 0 aliphatic heterocycles. The molecule has 34 heavy (non-hydrogen) atoms. The summed E-state index contributed by atoms with van der Waals surface area (Å²) in [5, 5.41) is 0. The molecule has 7 nitrogen and oxygen atoms in total. The van der Waals surface area contributed by atoms with Gasteiger partial charge in [0, 0.05) is 12.1 Å². The molecule has 0 radical (unpaired) electrons. The van der Waals surface area contributed by atoms with Gasteiger partial charge in [-0.2, -0.15) is 0 Å². The lowest BCUT2D eigenvalue weighted by Crippen LogP contribution is -2.60. The number of hydrogen-bond acceptors (Lipinski definition) is 7. The van der Waals surface area contributed by atoms with Crippen molar-refractivity contribution in [2.75, 3.05) is 20.8 Å². The van der Waals surface area contributed by atoms with E-state index < -0.39 is 39.7 Å². The summed E-state index contributed by atoms with van der Waals surface area (Å²) in [5.74, 6) is 0.841. The summed E-state index contributed by atoms with van der Waals surface area (Å²) in [6, 6.07) is 6.08. The Hall–Kier alpha value is -1.22. The summed E-state index contributed by atoms with van der Waals surface area (Å²) in [5.41, 5.74) is 0.816. The van der Waals surface area contributed by atoms with Gasteiger partial charge < -0.3 is 26.6 Å². The Morgan fingerprint density at radius 1 is 0.794 bits per heavy atom. The third-order valence-corrected chi connectivity index (χ3v) is 16.1. The number of hydrogen-bond donors (Lipinski definition) is 0. The fourth-order valence-electron chi connectivity index (χ4n) is 3.25. The van der Waals surface area contributed by atoms with Crippen LogP contribution in [0, 0.1) is 0 Å². The summed E-state index contributed by atoms with van der Waals surface area (Å²) in [6.45, 7) is 19.7. The highest BCUT2D eigenvalue weighted by atomic mass is 28.5. The van der Waals surface area contributed by atoms with Crippen LogP contribution in [-0.4, -0.2) is 60.6 Å². The van der Waals surface area contributed by atoms with E-state index in [-0.39, 0.29) is 6.61 Å². The van der Waals surface area contributed by atoms with Gasteiger partial charge in [-0.25, -0.2) is 4.79 Å².